The van der Waals surface area contributed by atoms with Crippen molar-refractivity contribution in [3.8, 4) is 5.75 Å². The van der Waals surface area contributed by atoms with Crippen molar-refractivity contribution in [1.82, 2.24) is 10.2 Å². The van der Waals surface area contributed by atoms with E-state index in [4.69, 9.17) is 27.9 Å². The van der Waals surface area contributed by atoms with Gasteiger partial charge in [-0.2, -0.15) is 0 Å². The van der Waals surface area contributed by atoms with Gasteiger partial charge in [-0.15, -0.1) is 0 Å². The van der Waals surface area contributed by atoms with Crippen LogP contribution in [0, 0.1) is 0 Å². The van der Waals surface area contributed by atoms with Crippen LogP contribution in [0.5, 0.6) is 5.75 Å². The molecule has 4 aromatic carbocycles. The molecule has 4 aromatic rings. The lowest BCUT2D eigenvalue weighted by atomic mass is 10.0. The summed E-state index contributed by atoms with van der Waals surface area (Å²) in [6.07, 6.45) is 0.348. The van der Waals surface area contributed by atoms with E-state index in [9.17, 15) is 9.59 Å². The first kappa shape index (κ1) is 27.5. The first-order valence-corrected chi connectivity index (χ1v) is 13.3. The fraction of sp³-hybridized carbons (Fsp3) is 0.226. The number of carbonyl (C=O) groups is 2. The van der Waals surface area contributed by atoms with Gasteiger partial charge in [0.05, 0.1) is 10.0 Å². The van der Waals surface area contributed by atoms with E-state index in [0.717, 1.165) is 21.9 Å². The fourth-order valence-corrected chi connectivity index (χ4v) is 4.63. The van der Waals surface area contributed by atoms with Gasteiger partial charge in [0.25, 0.3) is 5.91 Å². The summed E-state index contributed by atoms with van der Waals surface area (Å²) in [6.45, 7) is 3.73. The number of hydrogen-bond donors (Lipinski definition) is 1. The lowest BCUT2D eigenvalue weighted by Crippen LogP contribution is -2.52. The average Bonchev–Trinajstić information content (AvgIpc) is 2.91. The molecule has 38 heavy (non-hydrogen) atoms. The highest BCUT2D eigenvalue weighted by Crippen LogP contribution is 2.26. The van der Waals surface area contributed by atoms with Crippen molar-refractivity contribution < 1.29 is 14.3 Å². The third-order valence-corrected chi connectivity index (χ3v) is 6.88. The van der Waals surface area contributed by atoms with Crippen LogP contribution < -0.4 is 10.1 Å². The summed E-state index contributed by atoms with van der Waals surface area (Å²) in [5.41, 5.74) is 1.70. The SMILES string of the molecule is CC(C)NC(=O)C(Cc1ccccc1)N(Cc1ccc(Cl)c(Cl)c1)C(=O)COc1cccc2ccccc12. The second-order valence-corrected chi connectivity index (χ2v) is 10.2. The third kappa shape index (κ3) is 7.06. The molecule has 196 valence electrons. The van der Waals surface area contributed by atoms with Crippen LogP contribution in [0.2, 0.25) is 10.0 Å². The van der Waals surface area contributed by atoms with Gasteiger partial charge in [0.2, 0.25) is 5.91 Å². The van der Waals surface area contributed by atoms with E-state index in [1.807, 2.05) is 86.6 Å². The summed E-state index contributed by atoms with van der Waals surface area (Å²) in [5, 5.41) is 5.72. The molecule has 0 aliphatic rings. The number of amides is 2. The molecule has 0 spiro atoms. The molecule has 5 nitrogen and oxygen atoms in total. The Morgan fingerprint density at radius 2 is 1.55 bits per heavy atom. The number of nitrogens with one attached hydrogen (secondary N) is 1. The fourth-order valence-electron chi connectivity index (χ4n) is 4.31. The lowest BCUT2D eigenvalue weighted by Gasteiger charge is -2.32. The summed E-state index contributed by atoms with van der Waals surface area (Å²) in [7, 11) is 0. The highest BCUT2D eigenvalue weighted by Gasteiger charge is 2.31. The van der Waals surface area contributed by atoms with Crippen molar-refractivity contribution in [2.45, 2.75) is 38.9 Å². The quantitative estimate of drug-likeness (QED) is 0.240. The van der Waals surface area contributed by atoms with Crippen molar-refractivity contribution in [2.75, 3.05) is 6.61 Å². The van der Waals surface area contributed by atoms with Gasteiger partial charge in [-0.05, 0) is 48.6 Å². The highest BCUT2D eigenvalue weighted by molar-refractivity contribution is 6.42. The summed E-state index contributed by atoms with van der Waals surface area (Å²) in [4.78, 5) is 28.8. The van der Waals surface area contributed by atoms with Crippen LogP contribution in [0.25, 0.3) is 10.8 Å². The van der Waals surface area contributed by atoms with Crippen LogP contribution in [0.3, 0.4) is 0 Å². The highest BCUT2D eigenvalue weighted by atomic mass is 35.5. The van der Waals surface area contributed by atoms with Crippen LogP contribution in [-0.2, 0) is 22.6 Å². The molecule has 0 bridgehead atoms. The second kappa shape index (κ2) is 12.8. The minimum atomic E-state index is -0.766. The third-order valence-electron chi connectivity index (χ3n) is 6.14. The van der Waals surface area contributed by atoms with Gasteiger partial charge in [0, 0.05) is 24.4 Å². The Bertz CT molecular complexity index is 1400. The molecule has 1 atom stereocenters. The molecule has 1 unspecified atom stereocenters. The monoisotopic (exact) mass is 548 g/mol. The molecular formula is C31H30Cl2N2O3. The standard InChI is InChI=1S/C31H30Cl2N2O3/c1-21(2)34-31(37)28(18-22-9-4-3-5-10-22)35(19-23-15-16-26(32)27(33)17-23)30(36)20-38-29-14-8-12-24-11-6-7-13-25(24)29/h3-17,21,28H,18-20H2,1-2H3,(H,34,37). The predicted molar refractivity (Wildman–Crippen MR) is 154 cm³/mol. The Morgan fingerprint density at radius 3 is 2.29 bits per heavy atom. The minimum absolute atomic E-state index is 0.0883. The van der Waals surface area contributed by atoms with E-state index in [-0.39, 0.29) is 31.0 Å². The maximum absolute atomic E-state index is 13.8. The number of fused-ring (bicyclic) bond motifs is 1. The molecule has 7 heteroatoms. The number of ether oxygens (including phenoxy) is 1. The van der Waals surface area contributed by atoms with Crippen molar-refractivity contribution in [3.63, 3.8) is 0 Å². The van der Waals surface area contributed by atoms with Crippen molar-refractivity contribution in [3.05, 3.63) is 112 Å². The van der Waals surface area contributed by atoms with Crippen molar-refractivity contribution in [2.24, 2.45) is 0 Å². The van der Waals surface area contributed by atoms with Crippen LogP contribution in [-0.4, -0.2) is 35.4 Å². The minimum Gasteiger partial charge on any atom is -0.483 e. The van der Waals surface area contributed by atoms with Crippen LogP contribution >= 0.6 is 23.2 Å². The molecule has 0 saturated heterocycles. The maximum Gasteiger partial charge on any atom is 0.261 e. The summed E-state index contributed by atoms with van der Waals surface area (Å²) < 4.78 is 6.03. The molecule has 0 aliphatic heterocycles. The number of halogens is 2. The molecule has 0 fully saturated rings. The average molecular weight is 549 g/mol. The number of hydrogen-bond acceptors (Lipinski definition) is 3. The van der Waals surface area contributed by atoms with Crippen LogP contribution in [0.1, 0.15) is 25.0 Å². The topological polar surface area (TPSA) is 58.6 Å². The predicted octanol–water partition coefficient (Wildman–Crippen LogP) is 6.69. The zero-order valence-corrected chi connectivity index (χ0v) is 22.9. The Labute approximate surface area is 233 Å². The molecule has 0 heterocycles. The van der Waals surface area contributed by atoms with E-state index in [2.05, 4.69) is 5.32 Å². The molecule has 0 aromatic heterocycles. The van der Waals surface area contributed by atoms with Gasteiger partial charge in [-0.1, -0.05) is 96.0 Å². The molecular weight excluding hydrogens is 519 g/mol. The molecule has 2 amide bonds. The molecule has 0 aliphatic carbocycles. The number of benzene rings is 4. The van der Waals surface area contributed by atoms with Gasteiger partial charge < -0.3 is 15.0 Å². The van der Waals surface area contributed by atoms with Gasteiger partial charge in [-0.3, -0.25) is 9.59 Å². The van der Waals surface area contributed by atoms with Crippen molar-refractivity contribution in [1.29, 1.82) is 0 Å². The Balaban J connectivity index is 1.66. The largest absolute Gasteiger partial charge is 0.483 e. The van der Waals surface area contributed by atoms with E-state index in [1.54, 1.807) is 23.1 Å². The van der Waals surface area contributed by atoms with E-state index in [1.165, 1.54) is 0 Å². The molecule has 4 rings (SSSR count). The van der Waals surface area contributed by atoms with Crippen molar-refractivity contribution >= 4 is 45.8 Å². The number of carbonyl (C=O) groups excluding carboxylic acids is 2. The van der Waals surface area contributed by atoms with Gasteiger partial charge in [-0.25, -0.2) is 0 Å². The number of rotatable bonds is 10. The van der Waals surface area contributed by atoms with E-state index in [0.29, 0.717) is 22.2 Å². The summed E-state index contributed by atoms with van der Waals surface area (Å²) >= 11 is 12.4. The Morgan fingerprint density at radius 1 is 0.842 bits per heavy atom. The Kier molecular flexibility index (Phi) is 9.27. The number of nitrogens with zero attached hydrogens (tertiary/aromatic N) is 1. The first-order valence-electron chi connectivity index (χ1n) is 12.5. The Hall–Kier alpha value is -3.54. The second-order valence-electron chi connectivity index (χ2n) is 9.40. The zero-order valence-electron chi connectivity index (χ0n) is 21.4. The molecule has 1 N–H and O–H groups in total. The van der Waals surface area contributed by atoms with Gasteiger partial charge >= 0.3 is 0 Å². The zero-order chi connectivity index (χ0) is 27.1. The smallest absolute Gasteiger partial charge is 0.261 e. The van der Waals surface area contributed by atoms with Gasteiger partial charge in [0.15, 0.2) is 6.61 Å². The van der Waals surface area contributed by atoms with E-state index < -0.39 is 6.04 Å². The normalized spacial score (nSPS) is 11.8. The summed E-state index contributed by atoms with van der Waals surface area (Å²) in [5.74, 6) is 0.0587. The first-order chi connectivity index (χ1) is 18.3. The molecule has 0 radical (unpaired) electrons. The van der Waals surface area contributed by atoms with Crippen LogP contribution in [0.4, 0.5) is 0 Å². The summed E-state index contributed by atoms with van der Waals surface area (Å²) in [6, 6.07) is 27.6. The molecule has 0 saturated carbocycles. The lowest BCUT2D eigenvalue weighted by molar-refractivity contribution is -0.143. The van der Waals surface area contributed by atoms with Crippen LogP contribution in [0.15, 0.2) is 91.0 Å². The van der Waals surface area contributed by atoms with Gasteiger partial charge in [0.1, 0.15) is 11.8 Å². The maximum atomic E-state index is 13.8. The van der Waals surface area contributed by atoms with E-state index >= 15 is 0 Å².